The van der Waals surface area contributed by atoms with Crippen molar-refractivity contribution >= 4 is 82.6 Å². The lowest BCUT2D eigenvalue weighted by molar-refractivity contribution is 0.309. The number of aromatic amines is 10. The summed E-state index contributed by atoms with van der Waals surface area (Å²) in [7, 11) is 0. The molecule has 9 aromatic carbocycles. The summed E-state index contributed by atoms with van der Waals surface area (Å²) in [6.45, 7) is 16.6. The Morgan fingerprint density at radius 2 is 0.650 bits per heavy atom. The second-order valence-corrected chi connectivity index (χ2v) is 31.0. The fourth-order valence-electron chi connectivity index (χ4n) is 10.4. The minimum Gasteiger partial charge on any atom is -0.507 e. The summed E-state index contributed by atoms with van der Waals surface area (Å²) in [5, 5.41) is 181. The predicted molar refractivity (Wildman–Crippen MR) is 511 cm³/mol. The molecular formula is C83H87Br3Cl3N41O7. The van der Waals surface area contributed by atoms with Crippen molar-refractivity contribution in [3.63, 3.8) is 0 Å². The van der Waals surface area contributed by atoms with Gasteiger partial charge in [0.05, 0.1) is 51.0 Å². The fraction of sp³-hybridized carbons (Fsp3) is 0.217. The molecule has 0 unspecified atom stereocenters. The maximum Gasteiger partial charge on any atom is 0.204 e. The molecule has 0 spiro atoms. The summed E-state index contributed by atoms with van der Waals surface area (Å²) in [5.74, 6) is 8.89. The van der Waals surface area contributed by atoms with Crippen LogP contribution in [0.4, 0.5) is 0 Å². The number of ether oxygens (including phenoxy) is 3. The molecule has 19 aromatic rings. The molecule has 0 aliphatic rings. The molecule has 0 bridgehead atoms. The molecule has 19 rings (SSSR count). The molecule has 0 radical (unpaired) electrons. The summed E-state index contributed by atoms with van der Waals surface area (Å²) in [5.41, 5.74) is 9.66. The zero-order chi connectivity index (χ0) is 97.7. The molecule has 0 atom stereocenters. The normalized spacial score (nSPS) is 10.1. The smallest absolute Gasteiger partial charge is 0.204 e. The number of nitrogens with one attached hydrogen (secondary N) is 10. The van der Waals surface area contributed by atoms with Crippen molar-refractivity contribution in [1.29, 1.82) is 5.26 Å². The van der Waals surface area contributed by atoms with Crippen LogP contribution in [0.15, 0.2) is 195 Å². The van der Waals surface area contributed by atoms with Gasteiger partial charge < -0.3 is 34.6 Å². The summed E-state index contributed by atoms with van der Waals surface area (Å²) >= 11 is 26.9. The second kappa shape index (κ2) is 58.2. The van der Waals surface area contributed by atoms with Gasteiger partial charge in [-0.2, -0.15) is 57.4 Å². The van der Waals surface area contributed by atoms with Gasteiger partial charge in [0.2, 0.25) is 46.6 Å². The summed E-state index contributed by atoms with van der Waals surface area (Å²) in [6.07, 6.45) is 8.46. The Morgan fingerprint density at radius 3 is 0.993 bits per heavy atom. The maximum absolute atomic E-state index is 9.23. The average molecular weight is 2120 g/mol. The van der Waals surface area contributed by atoms with E-state index in [1.807, 2.05) is 136 Å². The zero-order valence-electron chi connectivity index (χ0n) is 73.7. The standard InChI is InChI=1S/C11H14N4O.C10H12N4O.C9H10N4O.2C8H7BrN4.C7H5BrN4O.2C7H5ClN4O.C7H4ClNO.C5H10N4.C4H8N4/c1-2-3-8-16-10-6-4-9(5-7-10)11-12-14-15-13-11;1-2-7-15-9-5-3-8(4-6-9)10-11-13-14-12-10;1-2-14-8-5-3-7(4-6-8)9-10-12-13-11-9;1-5-4-6(9)2-3-7(5)8-10-12-13-11-8;1-5-4-6(2-3-7(5)9)8-10-12-13-11-8;3*8-5-3-4(1-2-6(5)13)7-9-11-12-10-7;8-6-3-5(4-9)1-2-7(6)10;1-2-3-4-5-6-8-9-7-5;1-2-3-4-5-7-8-6-4/h4-7H,2-3,8H2,1H3,(H,12,13,14,15);3-6H,2,7H2,1H3,(H,11,12,13,14);3-6H,2H2,1H3,(H,10,11,12,13);2*2-4H,1H3,(H,10,11,12,13);3*1-3,13H,(H,9,10,11,12);1-3,10H;2-4H2,1H3,(H,6,7,8,9);2-3H2,1H3,(H,5,6,7,8). The lowest BCUT2D eigenvalue weighted by atomic mass is 10.1. The van der Waals surface area contributed by atoms with Crippen LogP contribution >= 0.6 is 82.6 Å². The number of unbranched alkanes of at least 4 members (excludes halogenated alkanes) is 2. The van der Waals surface area contributed by atoms with E-state index in [1.165, 1.54) is 36.8 Å². The Labute approximate surface area is 819 Å². The molecule has 0 saturated heterocycles. The van der Waals surface area contributed by atoms with Crippen LogP contribution in [0.2, 0.25) is 15.1 Å². The molecule has 0 saturated carbocycles. The van der Waals surface area contributed by atoms with Crippen LogP contribution in [0.1, 0.15) is 101 Å². The fourth-order valence-corrected chi connectivity index (χ4v) is 12.0. The van der Waals surface area contributed by atoms with Crippen LogP contribution in [0.5, 0.6) is 40.2 Å². The first-order valence-corrected chi connectivity index (χ1v) is 44.6. The number of nitriles is 1. The Morgan fingerprint density at radius 1 is 0.307 bits per heavy atom. The number of aryl methyl sites for hydroxylation is 4. The molecule has 10 aromatic heterocycles. The van der Waals surface area contributed by atoms with Crippen molar-refractivity contribution in [3.8, 4) is 137 Å². The Bertz CT molecular complexity index is 6210. The van der Waals surface area contributed by atoms with Crippen LogP contribution in [0, 0.1) is 25.2 Å². The van der Waals surface area contributed by atoms with Gasteiger partial charge in [-0.15, -0.1) is 102 Å². The van der Waals surface area contributed by atoms with Crippen LogP contribution in [0.25, 0.3) is 91.1 Å². The largest absolute Gasteiger partial charge is 0.507 e. The number of halogens is 6. The summed E-state index contributed by atoms with van der Waals surface area (Å²) in [4.78, 5) is 0. The van der Waals surface area contributed by atoms with Gasteiger partial charge in [-0.3, -0.25) is 0 Å². The van der Waals surface area contributed by atoms with Crippen molar-refractivity contribution in [2.45, 2.75) is 99.8 Å². The van der Waals surface area contributed by atoms with Gasteiger partial charge in [0, 0.05) is 66.3 Å². The van der Waals surface area contributed by atoms with Gasteiger partial charge in [0.15, 0.2) is 11.6 Å². The van der Waals surface area contributed by atoms with E-state index in [0.29, 0.717) is 74.4 Å². The molecule has 14 N–H and O–H groups in total. The second-order valence-electron chi connectivity index (χ2n) is 27.1. The number of hydrogen-bond donors (Lipinski definition) is 14. The van der Waals surface area contributed by atoms with Gasteiger partial charge in [-0.25, -0.2) is 0 Å². The molecule has 0 amide bonds. The van der Waals surface area contributed by atoms with Gasteiger partial charge in [0.1, 0.15) is 40.2 Å². The number of phenolic OH excluding ortho intramolecular Hbond substituents is 4. The molecule has 0 aliphatic heterocycles. The third kappa shape index (κ3) is 36.2. The molecule has 0 aliphatic carbocycles. The SMILES string of the molecule is CCCCOc1ccc(-c2nn[nH]n2)cc1.CCCCc1nn[nH]n1.CCCOc1ccc(-c2nn[nH]n2)cc1.CCCc1nn[nH]n1.CCOc1ccc(-c2nn[nH]n2)cc1.Cc1cc(-c2nn[nH]n2)ccc1Br.Cc1cc(Br)ccc1-c1nn[nH]n1.N#Cc1ccc(O)c(Cl)c1.Oc1ccc(-c2nn[nH]n2)cc1Br.Oc1ccc(-c2nn[nH]n2)cc1Cl.Oc1ccc(-c2nn[nH]n2)cc1Cl. The highest BCUT2D eigenvalue weighted by molar-refractivity contribution is 9.11. The predicted octanol–water partition coefficient (Wildman–Crippen LogP) is 15.2. The zero-order valence-corrected chi connectivity index (χ0v) is 80.8. The van der Waals surface area contributed by atoms with Crippen molar-refractivity contribution in [2.75, 3.05) is 19.8 Å². The lowest BCUT2D eigenvalue weighted by Crippen LogP contribution is -1.96. The highest BCUT2D eigenvalue weighted by Crippen LogP contribution is 2.32. The van der Waals surface area contributed by atoms with Crippen molar-refractivity contribution in [1.82, 2.24) is 206 Å². The van der Waals surface area contributed by atoms with E-state index >= 15 is 0 Å². The first-order chi connectivity index (χ1) is 66.6. The lowest BCUT2D eigenvalue weighted by Gasteiger charge is -2.04. The van der Waals surface area contributed by atoms with Gasteiger partial charge in [-0.05, 0) is 297 Å². The van der Waals surface area contributed by atoms with Gasteiger partial charge in [0.25, 0.3) is 0 Å². The number of rotatable bonds is 22. The number of tetrazole rings is 10. The van der Waals surface area contributed by atoms with E-state index in [9.17, 15) is 5.11 Å². The molecule has 0 fully saturated rings. The Hall–Kier alpha value is -15.9. The third-order valence-corrected chi connectivity index (χ3v) is 20.1. The Kier molecular flexibility index (Phi) is 44.5. The number of aromatic nitrogens is 40. The Balaban J connectivity index is 0.000000170. The van der Waals surface area contributed by atoms with E-state index in [2.05, 4.69) is 282 Å². The third-order valence-electron chi connectivity index (χ3n) is 17.2. The molecule has 137 heavy (non-hydrogen) atoms. The molecule has 10 heterocycles. The maximum atomic E-state index is 9.23. The van der Waals surface area contributed by atoms with E-state index in [1.54, 1.807) is 42.5 Å². The van der Waals surface area contributed by atoms with Gasteiger partial charge in [-0.1, -0.05) is 118 Å². The monoisotopic (exact) mass is 2110 g/mol. The van der Waals surface area contributed by atoms with Crippen LogP contribution in [0.3, 0.4) is 0 Å². The summed E-state index contributed by atoms with van der Waals surface area (Å²) < 4.78 is 19.1. The number of phenols is 4. The highest BCUT2D eigenvalue weighted by Gasteiger charge is 2.13. The number of hydrogen-bond acceptors (Lipinski definition) is 38. The number of benzene rings is 9. The number of H-pyrrole nitrogens is 10. The van der Waals surface area contributed by atoms with Crippen LogP contribution in [-0.2, 0) is 12.8 Å². The molecular weight excluding hydrogens is 2030 g/mol. The molecule has 708 valence electrons. The minimum absolute atomic E-state index is 0.000617. The first-order valence-electron chi connectivity index (χ1n) is 41.1. The van der Waals surface area contributed by atoms with E-state index in [-0.39, 0.29) is 38.1 Å². The van der Waals surface area contributed by atoms with Crippen molar-refractivity contribution in [2.24, 2.45) is 0 Å². The van der Waals surface area contributed by atoms with E-state index in [4.69, 9.17) is 69.6 Å². The van der Waals surface area contributed by atoms with Crippen LogP contribution in [-0.4, -0.2) is 246 Å². The topological polar surface area (TPSA) is 677 Å². The first kappa shape index (κ1) is 105. The number of nitrogens with zero attached hydrogens (tertiary/aromatic N) is 31. The minimum atomic E-state index is 0.000617. The van der Waals surface area contributed by atoms with E-state index < -0.39 is 0 Å². The quantitative estimate of drug-likeness (QED) is 0.0280. The number of aromatic hydroxyl groups is 4. The molecule has 54 heteroatoms. The van der Waals surface area contributed by atoms with E-state index in [0.717, 1.165) is 141 Å². The van der Waals surface area contributed by atoms with Crippen LogP contribution < -0.4 is 14.2 Å². The summed E-state index contributed by atoms with van der Waals surface area (Å²) in [6, 6.07) is 55.4. The average Bonchev–Trinajstić information content (AvgIpc) is 1.77. The van der Waals surface area contributed by atoms with Crippen molar-refractivity contribution in [3.05, 3.63) is 239 Å². The van der Waals surface area contributed by atoms with Crippen molar-refractivity contribution < 1.29 is 34.6 Å². The molecule has 48 nitrogen and oxygen atoms in total. The highest BCUT2D eigenvalue weighted by atomic mass is 79.9. The van der Waals surface area contributed by atoms with Gasteiger partial charge >= 0.3 is 0 Å².